The number of nitro groups is 1. The lowest BCUT2D eigenvalue weighted by Gasteiger charge is -2.06. The Kier molecular flexibility index (Phi) is 6.80. The van der Waals surface area contributed by atoms with Crippen LogP contribution in [-0.2, 0) is 4.79 Å². The maximum atomic E-state index is 11.8. The largest absolute Gasteiger partial charge is 0.356 e. The number of nitrogens with zero attached hydrogens (tertiary/aromatic N) is 1. The average Bonchev–Trinajstić information content (AvgIpc) is 2.45. The molecule has 0 spiro atoms. The van der Waals surface area contributed by atoms with Gasteiger partial charge in [-0.15, -0.1) is 0 Å². The SMILES string of the molecule is CCCNC(=O)CCNC(=O)c1ccc(Br)c([N+](=O)[O-])c1. The van der Waals surface area contributed by atoms with Crippen molar-refractivity contribution in [1.29, 1.82) is 0 Å². The molecule has 1 aromatic rings. The highest BCUT2D eigenvalue weighted by atomic mass is 79.9. The van der Waals surface area contributed by atoms with Crippen molar-refractivity contribution in [3.8, 4) is 0 Å². The Hall–Kier alpha value is -1.96. The summed E-state index contributed by atoms with van der Waals surface area (Å²) in [6, 6.07) is 4.11. The third kappa shape index (κ3) is 5.50. The van der Waals surface area contributed by atoms with Crippen LogP contribution in [0.4, 0.5) is 5.69 Å². The summed E-state index contributed by atoms with van der Waals surface area (Å²) in [4.78, 5) is 33.4. The maximum Gasteiger partial charge on any atom is 0.284 e. The topological polar surface area (TPSA) is 101 Å². The molecule has 0 atom stereocenters. The molecule has 1 aromatic carbocycles. The smallest absolute Gasteiger partial charge is 0.284 e. The first-order valence-corrected chi connectivity index (χ1v) is 7.23. The monoisotopic (exact) mass is 357 g/mol. The van der Waals surface area contributed by atoms with Gasteiger partial charge in [0.2, 0.25) is 5.91 Å². The van der Waals surface area contributed by atoms with E-state index in [0.717, 1.165) is 6.42 Å². The minimum Gasteiger partial charge on any atom is -0.356 e. The van der Waals surface area contributed by atoms with Crippen LogP contribution in [0.2, 0.25) is 0 Å². The molecule has 0 aliphatic rings. The molecule has 0 saturated heterocycles. The number of halogens is 1. The number of rotatable bonds is 7. The van der Waals surface area contributed by atoms with E-state index in [-0.39, 0.29) is 30.1 Å². The quantitative estimate of drug-likeness (QED) is 0.575. The summed E-state index contributed by atoms with van der Waals surface area (Å²) in [7, 11) is 0. The van der Waals surface area contributed by atoms with Gasteiger partial charge in [0.1, 0.15) is 0 Å². The summed E-state index contributed by atoms with van der Waals surface area (Å²) in [5.41, 5.74) is 0.00204. The van der Waals surface area contributed by atoms with Gasteiger partial charge in [-0.1, -0.05) is 6.92 Å². The van der Waals surface area contributed by atoms with Crippen molar-refractivity contribution in [2.45, 2.75) is 19.8 Å². The summed E-state index contributed by atoms with van der Waals surface area (Å²) in [5.74, 6) is -0.590. The molecule has 0 radical (unpaired) electrons. The van der Waals surface area contributed by atoms with Gasteiger partial charge in [0.15, 0.2) is 0 Å². The van der Waals surface area contributed by atoms with Crippen LogP contribution in [0, 0.1) is 10.1 Å². The van der Waals surface area contributed by atoms with E-state index >= 15 is 0 Å². The van der Waals surface area contributed by atoms with Crippen molar-refractivity contribution >= 4 is 33.4 Å². The second-order valence-corrected chi connectivity index (χ2v) is 5.13. The van der Waals surface area contributed by atoms with Crippen LogP contribution in [0.3, 0.4) is 0 Å². The molecule has 2 amide bonds. The number of nitrogens with one attached hydrogen (secondary N) is 2. The van der Waals surface area contributed by atoms with E-state index in [9.17, 15) is 19.7 Å². The van der Waals surface area contributed by atoms with Crippen molar-refractivity contribution in [2.75, 3.05) is 13.1 Å². The molecule has 0 heterocycles. The number of carbonyl (C=O) groups excluding carboxylic acids is 2. The number of benzene rings is 1. The van der Waals surface area contributed by atoms with Crippen LogP contribution in [0.25, 0.3) is 0 Å². The highest BCUT2D eigenvalue weighted by Crippen LogP contribution is 2.25. The lowest BCUT2D eigenvalue weighted by Crippen LogP contribution is -2.31. The first-order valence-electron chi connectivity index (χ1n) is 6.44. The van der Waals surface area contributed by atoms with Gasteiger partial charge in [-0.25, -0.2) is 0 Å². The lowest BCUT2D eigenvalue weighted by molar-refractivity contribution is -0.385. The standard InChI is InChI=1S/C13H16BrN3O4/c1-2-6-15-12(18)5-7-16-13(19)9-3-4-10(14)11(8-9)17(20)21/h3-4,8H,2,5-7H2,1H3,(H,15,18)(H,16,19). The molecule has 1 rings (SSSR count). The zero-order valence-electron chi connectivity index (χ0n) is 11.5. The van der Waals surface area contributed by atoms with Crippen molar-refractivity contribution in [3.05, 3.63) is 38.3 Å². The fraction of sp³-hybridized carbons (Fsp3) is 0.385. The molecule has 0 unspecified atom stereocenters. The van der Waals surface area contributed by atoms with Gasteiger partial charge >= 0.3 is 0 Å². The third-order valence-electron chi connectivity index (χ3n) is 2.61. The van der Waals surface area contributed by atoms with Gasteiger partial charge in [0.05, 0.1) is 9.40 Å². The van der Waals surface area contributed by atoms with E-state index in [1.165, 1.54) is 18.2 Å². The molecular formula is C13H16BrN3O4. The highest BCUT2D eigenvalue weighted by molar-refractivity contribution is 9.10. The maximum absolute atomic E-state index is 11.8. The molecular weight excluding hydrogens is 342 g/mol. The second kappa shape index (κ2) is 8.35. The normalized spacial score (nSPS) is 10.0. The molecule has 0 aliphatic heterocycles. The van der Waals surface area contributed by atoms with Crippen molar-refractivity contribution in [3.63, 3.8) is 0 Å². The molecule has 0 aromatic heterocycles. The molecule has 7 nitrogen and oxygen atoms in total. The van der Waals surface area contributed by atoms with Crippen molar-refractivity contribution in [2.24, 2.45) is 0 Å². The predicted molar refractivity (Wildman–Crippen MR) is 81.0 cm³/mol. The van der Waals surface area contributed by atoms with E-state index in [2.05, 4.69) is 26.6 Å². The Morgan fingerprint density at radius 3 is 2.62 bits per heavy atom. The second-order valence-electron chi connectivity index (χ2n) is 4.28. The van der Waals surface area contributed by atoms with Gasteiger partial charge in [-0.05, 0) is 34.5 Å². The predicted octanol–water partition coefficient (Wildman–Crippen LogP) is 2.00. The molecule has 2 N–H and O–H groups in total. The fourth-order valence-electron chi connectivity index (χ4n) is 1.54. The van der Waals surface area contributed by atoms with Gasteiger partial charge in [-0.3, -0.25) is 19.7 Å². The Balaban J connectivity index is 2.55. The first kappa shape index (κ1) is 17.1. The van der Waals surface area contributed by atoms with Crippen LogP contribution in [0.5, 0.6) is 0 Å². The van der Waals surface area contributed by atoms with E-state index in [0.29, 0.717) is 11.0 Å². The van der Waals surface area contributed by atoms with Gasteiger partial charge < -0.3 is 10.6 Å². The Labute approximate surface area is 130 Å². The van der Waals surface area contributed by atoms with Crippen LogP contribution in [-0.4, -0.2) is 29.8 Å². The molecule has 21 heavy (non-hydrogen) atoms. The van der Waals surface area contributed by atoms with Crippen molar-refractivity contribution in [1.82, 2.24) is 10.6 Å². The Morgan fingerprint density at radius 1 is 1.29 bits per heavy atom. The summed E-state index contributed by atoms with van der Waals surface area (Å²) >= 11 is 3.05. The summed E-state index contributed by atoms with van der Waals surface area (Å²) < 4.78 is 0.308. The zero-order valence-corrected chi connectivity index (χ0v) is 13.1. The van der Waals surface area contributed by atoms with E-state index in [1.807, 2.05) is 6.92 Å². The van der Waals surface area contributed by atoms with Gasteiger partial charge in [0, 0.05) is 31.1 Å². The average molecular weight is 358 g/mol. The number of nitro benzene ring substituents is 1. The lowest BCUT2D eigenvalue weighted by atomic mass is 10.2. The summed E-state index contributed by atoms with van der Waals surface area (Å²) in [5, 5.41) is 16.0. The highest BCUT2D eigenvalue weighted by Gasteiger charge is 2.15. The summed E-state index contributed by atoms with van der Waals surface area (Å²) in [6.07, 6.45) is 1.02. The van der Waals surface area contributed by atoms with E-state index < -0.39 is 10.8 Å². The van der Waals surface area contributed by atoms with Crippen molar-refractivity contribution < 1.29 is 14.5 Å². The van der Waals surface area contributed by atoms with Gasteiger partial charge in [-0.2, -0.15) is 0 Å². The number of carbonyl (C=O) groups is 2. The van der Waals surface area contributed by atoms with E-state index in [4.69, 9.17) is 0 Å². The minimum absolute atomic E-state index is 0.140. The minimum atomic E-state index is -0.570. The number of hydrogen-bond donors (Lipinski definition) is 2. The van der Waals surface area contributed by atoms with Crippen LogP contribution in [0.15, 0.2) is 22.7 Å². The third-order valence-corrected chi connectivity index (χ3v) is 3.29. The Morgan fingerprint density at radius 2 is 2.00 bits per heavy atom. The van der Waals surface area contributed by atoms with Gasteiger partial charge in [0.25, 0.3) is 11.6 Å². The first-order chi connectivity index (χ1) is 9.95. The molecule has 0 fully saturated rings. The molecule has 8 heteroatoms. The zero-order chi connectivity index (χ0) is 15.8. The fourth-order valence-corrected chi connectivity index (χ4v) is 1.93. The van der Waals surface area contributed by atoms with Crippen LogP contribution < -0.4 is 10.6 Å². The number of amides is 2. The Bertz CT molecular complexity index is 548. The molecule has 0 bridgehead atoms. The molecule has 0 aliphatic carbocycles. The molecule has 114 valence electrons. The van der Waals surface area contributed by atoms with E-state index in [1.54, 1.807) is 0 Å². The molecule has 0 saturated carbocycles. The number of hydrogen-bond acceptors (Lipinski definition) is 4. The van der Waals surface area contributed by atoms with Crippen LogP contribution >= 0.6 is 15.9 Å². The van der Waals surface area contributed by atoms with Crippen LogP contribution in [0.1, 0.15) is 30.1 Å². The summed E-state index contributed by atoms with van der Waals surface area (Å²) in [6.45, 7) is 2.73.